The van der Waals surface area contributed by atoms with Crippen LogP contribution in [0.4, 0.5) is 16.2 Å². The number of nitrogens with zero attached hydrogens (tertiary/aromatic N) is 3. The van der Waals surface area contributed by atoms with Crippen LogP contribution in [0.3, 0.4) is 0 Å². The van der Waals surface area contributed by atoms with E-state index in [-0.39, 0.29) is 45.2 Å². The number of carbonyl (C=O) groups is 2. The molecular formula is C16H18N3O3Y-. The van der Waals surface area contributed by atoms with E-state index in [0.29, 0.717) is 29.9 Å². The van der Waals surface area contributed by atoms with Crippen LogP contribution in [-0.4, -0.2) is 40.6 Å². The second-order valence-corrected chi connectivity index (χ2v) is 5.68. The fraction of sp³-hybridized carbons (Fsp3) is 0.438. The molecule has 0 atom stereocenters. The van der Waals surface area contributed by atoms with Gasteiger partial charge in [-0.15, -0.1) is 12.1 Å². The number of amides is 3. The van der Waals surface area contributed by atoms with E-state index < -0.39 is 11.6 Å². The van der Waals surface area contributed by atoms with Gasteiger partial charge in [0.25, 0.3) is 5.91 Å². The molecule has 1 heterocycles. The van der Waals surface area contributed by atoms with Gasteiger partial charge in [-0.1, -0.05) is 24.2 Å². The summed E-state index contributed by atoms with van der Waals surface area (Å²) in [4.78, 5) is 31.1. The minimum absolute atomic E-state index is 0. The van der Waals surface area contributed by atoms with Crippen molar-refractivity contribution >= 4 is 23.3 Å². The SMILES string of the molecule is [C-]#[N+]c1ccc(N2C(=O)N(CCCO)C(C)(C)C2=O)[c-]c1C.[Y]. The number of aliphatic hydroxyl groups is 1. The summed E-state index contributed by atoms with van der Waals surface area (Å²) in [6.45, 7) is 12.4. The molecule has 3 amide bonds. The average Bonchev–Trinajstić information content (AvgIpc) is 2.63. The molecule has 0 unspecified atom stereocenters. The predicted octanol–water partition coefficient (Wildman–Crippen LogP) is 2.27. The van der Waals surface area contributed by atoms with Crippen LogP contribution in [0.1, 0.15) is 25.8 Å². The molecule has 1 radical (unpaired) electrons. The van der Waals surface area contributed by atoms with Crippen LogP contribution in [-0.2, 0) is 37.5 Å². The summed E-state index contributed by atoms with van der Waals surface area (Å²) in [6.07, 6.45) is 0.412. The molecule has 0 spiro atoms. The topological polar surface area (TPSA) is 65.2 Å². The van der Waals surface area contributed by atoms with E-state index in [1.165, 1.54) is 4.90 Å². The molecule has 0 bridgehead atoms. The summed E-state index contributed by atoms with van der Waals surface area (Å²) in [5.74, 6) is -0.332. The summed E-state index contributed by atoms with van der Waals surface area (Å²) < 4.78 is 0. The van der Waals surface area contributed by atoms with Crippen molar-refractivity contribution in [1.29, 1.82) is 0 Å². The number of aliphatic hydroxyl groups excluding tert-OH is 1. The van der Waals surface area contributed by atoms with Gasteiger partial charge >= 0.3 is 6.03 Å². The van der Waals surface area contributed by atoms with Gasteiger partial charge in [0, 0.05) is 45.9 Å². The third kappa shape index (κ3) is 3.47. The van der Waals surface area contributed by atoms with Crippen molar-refractivity contribution in [3.63, 3.8) is 0 Å². The zero-order valence-electron chi connectivity index (χ0n) is 13.5. The van der Waals surface area contributed by atoms with E-state index in [1.807, 2.05) is 0 Å². The van der Waals surface area contributed by atoms with Crippen molar-refractivity contribution in [2.45, 2.75) is 32.7 Å². The van der Waals surface area contributed by atoms with E-state index in [9.17, 15) is 9.59 Å². The molecule has 119 valence electrons. The van der Waals surface area contributed by atoms with Gasteiger partial charge in [-0.2, -0.15) is 0 Å². The van der Waals surface area contributed by atoms with Gasteiger partial charge in [-0.25, -0.2) is 9.64 Å². The molecular weight excluding hydrogens is 371 g/mol. The van der Waals surface area contributed by atoms with Crippen molar-refractivity contribution in [3.8, 4) is 0 Å². The summed E-state index contributed by atoms with van der Waals surface area (Å²) in [6, 6.07) is 5.66. The quantitative estimate of drug-likeness (QED) is 0.635. The fourth-order valence-corrected chi connectivity index (χ4v) is 2.48. The second-order valence-electron chi connectivity index (χ2n) is 5.68. The van der Waals surface area contributed by atoms with Gasteiger partial charge < -0.3 is 10.0 Å². The number of carbonyl (C=O) groups excluding carboxylic acids is 2. The number of anilines is 1. The Kier molecular flexibility index (Phi) is 6.46. The number of urea groups is 1. The van der Waals surface area contributed by atoms with Crippen LogP contribution >= 0.6 is 0 Å². The predicted molar refractivity (Wildman–Crippen MR) is 81.6 cm³/mol. The zero-order chi connectivity index (χ0) is 16.5. The van der Waals surface area contributed by atoms with Crippen LogP contribution in [0.5, 0.6) is 0 Å². The number of hydrogen-bond donors (Lipinski definition) is 1. The second kappa shape index (κ2) is 7.52. The van der Waals surface area contributed by atoms with E-state index in [4.69, 9.17) is 11.7 Å². The largest absolute Gasteiger partial charge is 0.396 e. The van der Waals surface area contributed by atoms with Crippen molar-refractivity contribution in [1.82, 2.24) is 4.90 Å². The van der Waals surface area contributed by atoms with Crippen LogP contribution in [0.15, 0.2) is 12.1 Å². The smallest absolute Gasteiger partial charge is 0.330 e. The maximum absolute atomic E-state index is 12.6. The number of hydrogen-bond acceptors (Lipinski definition) is 3. The normalized spacial score (nSPS) is 16.3. The van der Waals surface area contributed by atoms with E-state index in [0.717, 1.165) is 4.90 Å². The minimum atomic E-state index is -0.966. The van der Waals surface area contributed by atoms with Crippen LogP contribution in [0, 0.1) is 19.6 Å². The average molecular weight is 389 g/mol. The maximum Gasteiger partial charge on any atom is 0.330 e. The van der Waals surface area contributed by atoms with Gasteiger partial charge in [0.2, 0.25) is 5.69 Å². The molecule has 1 aliphatic heterocycles. The first-order chi connectivity index (χ1) is 10.3. The van der Waals surface area contributed by atoms with Crippen LogP contribution < -0.4 is 4.90 Å². The Morgan fingerprint density at radius 1 is 1.35 bits per heavy atom. The molecule has 1 saturated heterocycles. The first kappa shape index (κ1) is 19.8. The first-order valence-corrected chi connectivity index (χ1v) is 7.02. The van der Waals surface area contributed by atoms with Gasteiger partial charge in [0.15, 0.2) is 0 Å². The molecule has 7 heteroatoms. The first-order valence-electron chi connectivity index (χ1n) is 7.02. The minimum Gasteiger partial charge on any atom is -0.396 e. The van der Waals surface area contributed by atoms with E-state index in [2.05, 4.69) is 10.9 Å². The van der Waals surface area contributed by atoms with Gasteiger partial charge in [-0.3, -0.25) is 9.69 Å². The van der Waals surface area contributed by atoms with Crippen molar-refractivity contribution in [3.05, 3.63) is 35.2 Å². The summed E-state index contributed by atoms with van der Waals surface area (Å²) in [7, 11) is 0. The molecule has 0 aromatic heterocycles. The molecule has 1 aromatic rings. The Balaban J connectivity index is 0.00000264. The number of imide groups is 1. The third-order valence-corrected chi connectivity index (χ3v) is 3.82. The van der Waals surface area contributed by atoms with E-state index in [1.54, 1.807) is 32.9 Å². The molecule has 1 aromatic carbocycles. The number of benzene rings is 1. The fourth-order valence-electron chi connectivity index (χ4n) is 2.48. The maximum atomic E-state index is 12.6. The van der Waals surface area contributed by atoms with Gasteiger partial charge in [-0.05, 0) is 20.3 Å². The standard InChI is InChI=1S/C16H18N3O3.Y/c1-11-10-12(6-7-13(11)17-4)19-14(21)16(2,3)18(15(19)22)8-5-9-20;/h6-7,20H,5,8-9H2,1-3H3;/q-1;. The summed E-state index contributed by atoms with van der Waals surface area (Å²) in [5.41, 5.74) is 0.422. The van der Waals surface area contributed by atoms with Crippen molar-refractivity contribution in [2.75, 3.05) is 18.1 Å². The van der Waals surface area contributed by atoms with Gasteiger partial charge in [0.05, 0.1) is 0 Å². The zero-order valence-corrected chi connectivity index (χ0v) is 16.3. The van der Waals surface area contributed by atoms with Crippen molar-refractivity contribution < 1.29 is 47.4 Å². The molecule has 1 fully saturated rings. The molecule has 6 nitrogen and oxygen atoms in total. The molecule has 0 saturated carbocycles. The van der Waals surface area contributed by atoms with E-state index >= 15 is 0 Å². The van der Waals surface area contributed by atoms with Gasteiger partial charge in [0.1, 0.15) is 12.1 Å². The molecule has 1 aliphatic rings. The molecule has 1 N–H and O–H groups in total. The molecule has 23 heavy (non-hydrogen) atoms. The summed E-state index contributed by atoms with van der Waals surface area (Å²) >= 11 is 0. The Bertz CT molecular complexity index is 667. The van der Waals surface area contributed by atoms with Crippen LogP contribution in [0.2, 0.25) is 0 Å². The Labute approximate surface area is 161 Å². The Morgan fingerprint density at radius 3 is 2.52 bits per heavy atom. The molecule has 2 rings (SSSR count). The Morgan fingerprint density at radius 2 is 2.00 bits per heavy atom. The number of aryl methyl sites for hydroxylation is 1. The third-order valence-electron chi connectivity index (χ3n) is 3.82. The Hall–Kier alpha value is -1.29. The molecule has 0 aliphatic carbocycles. The summed E-state index contributed by atoms with van der Waals surface area (Å²) in [5, 5.41) is 8.96. The van der Waals surface area contributed by atoms with Crippen molar-refractivity contribution in [2.24, 2.45) is 0 Å². The monoisotopic (exact) mass is 389 g/mol. The number of rotatable bonds is 4. The van der Waals surface area contributed by atoms with Crippen LogP contribution in [0.25, 0.3) is 4.85 Å².